The minimum atomic E-state index is -0.972. The zero-order valence-corrected chi connectivity index (χ0v) is 12.3. The highest BCUT2D eigenvalue weighted by molar-refractivity contribution is 5.99. The van der Waals surface area contributed by atoms with Crippen molar-refractivity contribution in [1.82, 2.24) is 9.55 Å². The highest BCUT2D eigenvalue weighted by atomic mass is 16.5. The van der Waals surface area contributed by atoms with Crippen LogP contribution in [0.1, 0.15) is 23.7 Å². The molecule has 0 spiro atoms. The van der Waals surface area contributed by atoms with Crippen LogP contribution in [0, 0.1) is 5.92 Å². The highest BCUT2D eigenvalue weighted by Crippen LogP contribution is 2.17. The van der Waals surface area contributed by atoms with E-state index in [-0.39, 0.29) is 12.2 Å². The molecule has 0 amide bonds. The van der Waals surface area contributed by atoms with Crippen molar-refractivity contribution in [2.24, 2.45) is 5.92 Å². The summed E-state index contributed by atoms with van der Waals surface area (Å²) < 4.78 is 7.49. The Morgan fingerprint density at radius 3 is 2.64 bits per heavy atom. The molecular formula is C16H18N2O4. The van der Waals surface area contributed by atoms with Gasteiger partial charge >= 0.3 is 5.97 Å². The number of carbonyl (C=O) groups is 2. The molecule has 1 aromatic carbocycles. The van der Waals surface area contributed by atoms with E-state index >= 15 is 0 Å². The normalized spacial score (nSPS) is 11.9. The molecule has 0 aliphatic rings. The number of imidazole rings is 1. The van der Waals surface area contributed by atoms with Crippen LogP contribution in [-0.2, 0) is 11.3 Å². The molecule has 1 heterocycles. The Bertz CT molecular complexity index is 620. The van der Waals surface area contributed by atoms with Gasteiger partial charge in [-0.3, -0.25) is 9.59 Å². The Kier molecular flexibility index (Phi) is 5.30. The number of aliphatic carboxylic acids is 1. The van der Waals surface area contributed by atoms with Gasteiger partial charge in [-0.25, -0.2) is 4.98 Å². The zero-order valence-electron chi connectivity index (χ0n) is 12.3. The molecule has 6 heteroatoms. The fourth-order valence-corrected chi connectivity index (χ4v) is 2.04. The summed E-state index contributed by atoms with van der Waals surface area (Å²) in [6.45, 7) is 2.81. The Labute approximate surface area is 128 Å². The van der Waals surface area contributed by atoms with Crippen LogP contribution in [0.2, 0.25) is 0 Å². The standard InChI is InChI=1S/C16H18N2O4/c1-12(10-15(19)20)16(21)13-2-4-14(5-3-13)22-9-8-18-7-6-17-11-18/h2-7,11-12H,8-10H2,1H3,(H,19,20). The van der Waals surface area contributed by atoms with Crippen molar-refractivity contribution in [3.8, 4) is 5.75 Å². The van der Waals surface area contributed by atoms with Crippen LogP contribution >= 0.6 is 0 Å². The summed E-state index contributed by atoms with van der Waals surface area (Å²) in [5, 5.41) is 8.72. The van der Waals surface area contributed by atoms with Crippen molar-refractivity contribution in [3.05, 3.63) is 48.5 Å². The third-order valence-corrected chi connectivity index (χ3v) is 3.24. The van der Waals surface area contributed by atoms with Gasteiger partial charge in [0.25, 0.3) is 0 Å². The van der Waals surface area contributed by atoms with Gasteiger partial charge in [0.15, 0.2) is 5.78 Å². The second kappa shape index (κ2) is 7.40. The van der Waals surface area contributed by atoms with E-state index in [2.05, 4.69) is 4.98 Å². The lowest BCUT2D eigenvalue weighted by molar-refractivity contribution is -0.137. The predicted octanol–water partition coefficient (Wildman–Crippen LogP) is 2.26. The van der Waals surface area contributed by atoms with Crippen LogP contribution in [0.5, 0.6) is 5.75 Å². The van der Waals surface area contributed by atoms with Crippen LogP contribution in [0.15, 0.2) is 43.0 Å². The molecule has 0 aliphatic heterocycles. The Morgan fingerprint density at radius 2 is 2.05 bits per heavy atom. The van der Waals surface area contributed by atoms with Gasteiger partial charge in [0.1, 0.15) is 12.4 Å². The van der Waals surface area contributed by atoms with E-state index in [0.717, 1.165) is 0 Å². The second-order valence-electron chi connectivity index (χ2n) is 5.04. The zero-order chi connectivity index (χ0) is 15.9. The number of hydrogen-bond acceptors (Lipinski definition) is 4. The van der Waals surface area contributed by atoms with Crippen LogP contribution in [0.25, 0.3) is 0 Å². The number of carboxylic acids is 1. The number of ether oxygens (including phenoxy) is 1. The molecule has 2 rings (SSSR count). The van der Waals surface area contributed by atoms with E-state index in [1.165, 1.54) is 0 Å². The quantitative estimate of drug-likeness (QED) is 0.756. The summed E-state index contributed by atoms with van der Waals surface area (Å²) in [6.07, 6.45) is 5.12. The van der Waals surface area contributed by atoms with Gasteiger partial charge in [-0.2, -0.15) is 0 Å². The second-order valence-corrected chi connectivity index (χ2v) is 5.04. The molecule has 0 fully saturated rings. The summed E-state index contributed by atoms with van der Waals surface area (Å²) in [5.41, 5.74) is 0.496. The number of hydrogen-bond donors (Lipinski definition) is 1. The molecular weight excluding hydrogens is 284 g/mol. The number of aromatic nitrogens is 2. The molecule has 1 N–H and O–H groups in total. The molecule has 6 nitrogen and oxygen atoms in total. The molecule has 0 aliphatic carbocycles. The Hall–Kier alpha value is -2.63. The Balaban J connectivity index is 1.86. The van der Waals surface area contributed by atoms with E-state index in [0.29, 0.717) is 24.5 Å². The van der Waals surface area contributed by atoms with E-state index in [4.69, 9.17) is 9.84 Å². The van der Waals surface area contributed by atoms with Crippen molar-refractivity contribution in [1.29, 1.82) is 0 Å². The number of carboxylic acid groups (broad SMARTS) is 1. The lowest BCUT2D eigenvalue weighted by Gasteiger charge is -2.10. The third-order valence-electron chi connectivity index (χ3n) is 3.24. The van der Waals surface area contributed by atoms with Gasteiger partial charge in [0.2, 0.25) is 0 Å². The minimum absolute atomic E-state index is 0.165. The van der Waals surface area contributed by atoms with Gasteiger partial charge in [-0.1, -0.05) is 6.92 Å². The minimum Gasteiger partial charge on any atom is -0.492 e. The molecule has 22 heavy (non-hydrogen) atoms. The monoisotopic (exact) mass is 302 g/mol. The largest absolute Gasteiger partial charge is 0.492 e. The number of nitrogens with zero attached hydrogens (tertiary/aromatic N) is 2. The smallest absolute Gasteiger partial charge is 0.304 e. The maximum atomic E-state index is 12.0. The SMILES string of the molecule is CC(CC(=O)O)C(=O)c1ccc(OCCn2ccnc2)cc1. The first kappa shape index (κ1) is 15.8. The van der Waals surface area contributed by atoms with Gasteiger partial charge in [0, 0.05) is 23.9 Å². The molecule has 0 saturated heterocycles. The summed E-state index contributed by atoms with van der Waals surface area (Å²) in [4.78, 5) is 26.6. The molecule has 0 saturated carbocycles. The maximum absolute atomic E-state index is 12.0. The molecule has 0 bridgehead atoms. The van der Waals surface area contributed by atoms with E-state index < -0.39 is 11.9 Å². The van der Waals surface area contributed by atoms with Gasteiger partial charge < -0.3 is 14.4 Å². The molecule has 1 aromatic heterocycles. The van der Waals surface area contributed by atoms with Crippen LogP contribution in [0.3, 0.4) is 0 Å². The van der Waals surface area contributed by atoms with E-state index in [1.807, 2.05) is 10.8 Å². The fourth-order valence-electron chi connectivity index (χ4n) is 2.04. The molecule has 116 valence electrons. The summed E-state index contributed by atoms with van der Waals surface area (Å²) in [7, 11) is 0. The lowest BCUT2D eigenvalue weighted by atomic mass is 9.96. The fraction of sp³-hybridized carbons (Fsp3) is 0.312. The van der Waals surface area contributed by atoms with Crippen LogP contribution in [0.4, 0.5) is 0 Å². The first-order valence-corrected chi connectivity index (χ1v) is 7.01. The van der Waals surface area contributed by atoms with Crippen molar-refractivity contribution in [2.45, 2.75) is 19.9 Å². The molecule has 1 unspecified atom stereocenters. The first-order valence-electron chi connectivity index (χ1n) is 7.01. The lowest BCUT2D eigenvalue weighted by Crippen LogP contribution is -2.15. The average Bonchev–Trinajstić information content (AvgIpc) is 3.00. The van der Waals surface area contributed by atoms with Gasteiger partial charge in [-0.05, 0) is 24.3 Å². The molecule has 1 atom stereocenters. The summed E-state index contributed by atoms with van der Waals surface area (Å²) >= 11 is 0. The Morgan fingerprint density at radius 1 is 1.32 bits per heavy atom. The topological polar surface area (TPSA) is 81.4 Å². The van der Waals surface area contributed by atoms with Crippen molar-refractivity contribution in [2.75, 3.05) is 6.61 Å². The number of ketones is 1. The predicted molar refractivity (Wildman–Crippen MR) is 79.9 cm³/mol. The van der Waals surface area contributed by atoms with E-state index in [9.17, 15) is 9.59 Å². The summed E-state index contributed by atoms with van der Waals surface area (Å²) in [5.74, 6) is -1.01. The summed E-state index contributed by atoms with van der Waals surface area (Å²) in [6, 6.07) is 6.75. The third kappa shape index (κ3) is 4.44. The molecule has 2 aromatic rings. The van der Waals surface area contributed by atoms with Gasteiger partial charge in [-0.15, -0.1) is 0 Å². The highest BCUT2D eigenvalue weighted by Gasteiger charge is 2.18. The number of rotatable bonds is 8. The van der Waals surface area contributed by atoms with E-state index in [1.54, 1.807) is 43.7 Å². The number of carbonyl (C=O) groups excluding carboxylic acids is 1. The number of benzene rings is 1. The van der Waals surface area contributed by atoms with Crippen molar-refractivity contribution in [3.63, 3.8) is 0 Å². The van der Waals surface area contributed by atoms with Crippen LogP contribution in [-0.4, -0.2) is 33.0 Å². The van der Waals surface area contributed by atoms with Gasteiger partial charge in [0.05, 0.1) is 19.3 Å². The first-order chi connectivity index (χ1) is 10.6. The number of Topliss-reactive ketones (excluding diaryl/α,β-unsaturated/α-hetero) is 1. The average molecular weight is 302 g/mol. The maximum Gasteiger partial charge on any atom is 0.304 e. The molecule has 0 radical (unpaired) electrons. The van der Waals surface area contributed by atoms with Crippen molar-refractivity contribution < 1.29 is 19.4 Å². The van der Waals surface area contributed by atoms with Crippen molar-refractivity contribution >= 4 is 11.8 Å². The van der Waals surface area contributed by atoms with Crippen LogP contribution < -0.4 is 4.74 Å².